The molecule has 1 N–H and O–H groups in total. The molecule has 0 saturated carbocycles. The lowest BCUT2D eigenvalue weighted by Crippen LogP contribution is -2.58. The number of likely N-dealkylation sites (N-methyl/N-ethyl adjacent to an activating group) is 1. The number of hydrogen-bond acceptors (Lipinski definition) is 5. The summed E-state index contributed by atoms with van der Waals surface area (Å²) in [6.07, 6.45) is 0.376. The lowest BCUT2D eigenvalue weighted by atomic mass is 9.91. The lowest BCUT2D eigenvalue weighted by molar-refractivity contribution is -0.140. The molecule has 0 amide bonds. The van der Waals surface area contributed by atoms with Gasteiger partial charge in [0.05, 0.1) is 17.9 Å². The predicted octanol–water partition coefficient (Wildman–Crippen LogP) is -0.734. The predicted molar refractivity (Wildman–Crippen MR) is 67.3 cm³/mol. The van der Waals surface area contributed by atoms with Crippen molar-refractivity contribution in [1.29, 1.82) is 0 Å². The molecule has 0 bridgehead atoms. The molecular weight excluding hydrogens is 256 g/mol. The second-order valence-corrected chi connectivity index (χ2v) is 7.61. The summed E-state index contributed by atoms with van der Waals surface area (Å²) in [5, 5.41) is 9.06. The summed E-state index contributed by atoms with van der Waals surface area (Å²) in [7, 11) is -1.06. The van der Waals surface area contributed by atoms with Crippen molar-refractivity contribution in [2.24, 2.45) is 0 Å². The average Bonchev–Trinajstić information content (AvgIpc) is 2.55. The first-order chi connectivity index (χ1) is 8.33. The SMILES string of the molecule is CN1CCN(C2(CC(=O)O)CCS(=O)(=O)C2)CC1. The number of rotatable bonds is 3. The number of aliphatic carboxylic acids is 1. The van der Waals surface area contributed by atoms with Crippen molar-refractivity contribution in [3.05, 3.63) is 0 Å². The van der Waals surface area contributed by atoms with Gasteiger partial charge in [-0.3, -0.25) is 9.69 Å². The van der Waals surface area contributed by atoms with E-state index in [1.807, 2.05) is 7.05 Å². The van der Waals surface area contributed by atoms with Crippen LogP contribution in [0.25, 0.3) is 0 Å². The van der Waals surface area contributed by atoms with Crippen LogP contribution in [0, 0.1) is 0 Å². The third-order valence-electron chi connectivity index (χ3n) is 4.02. The van der Waals surface area contributed by atoms with E-state index in [-0.39, 0.29) is 17.9 Å². The summed E-state index contributed by atoms with van der Waals surface area (Å²) in [4.78, 5) is 15.3. The third kappa shape index (κ3) is 2.84. The minimum atomic E-state index is -3.08. The van der Waals surface area contributed by atoms with Gasteiger partial charge in [0.1, 0.15) is 0 Å². The van der Waals surface area contributed by atoms with Gasteiger partial charge < -0.3 is 10.0 Å². The monoisotopic (exact) mass is 276 g/mol. The van der Waals surface area contributed by atoms with Crippen LogP contribution in [0.5, 0.6) is 0 Å². The number of carbonyl (C=O) groups is 1. The maximum atomic E-state index is 11.7. The zero-order valence-corrected chi connectivity index (χ0v) is 11.4. The molecule has 1 unspecified atom stereocenters. The van der Waals surface area contributed by atoms with E-state index in [1.54, 1.807) is 0 Å². The molecule has 2 aliphatic heterocycles. The van der Waals surface area contributed by atoms with Crippen LogP contribution in [0.2, 0.25) is 0 Å². The Balaban J connectivity index is 2.18. The molecule has 6 nitrogen and oxygen atoms in total. The molecule has 0 aromatic rings. The first kappa shape index (κ1) is 13.8. The van der Waals surface area contributed by atoms with Crippen molar-refractivity contribution in [2.45, 2.75) is 18.4 Å². The highest BCUT2D eigenvalue weighted by molar-refractivity contribution is 7.91. The lowest BCUT2D eigenvalue weighted by Gasteiger charge is -2.44. The van der Waals surface area contributed by atoms with Crippen molar-refractivity contribution in [1.82, 2.24) is 9.80 Å². The molecule has 1 atom stereocenters. The normalized spacial score (nSPS) is 33.6. The first-order valence-corrected chi connectivity index (χ1v) is 8.01. The summed E-state index contributed by atoms with van der Waals surface area (Å²) in [6.45, 7) is 3.22. The minimum absolute atomic E-state index is 0.00395. The van der Waals surface area contributed by atoms with E-state index in [0.717, 1.165) is 26.2 Å². The van der Waals surface area contributed by atoms with Crippen LogP contribution in [0.15, 0.2) is 0 Å². The van der Waals surface area contributed by atoms with Gasteiger partial charge in [0.15, 0.2) is 9.84 Å². The summed E-state index contributed by atoms with van der Waals surface area (Å²) in [5.74, 6) is -0.797. The molecular formula is C11H20N2O4S. The third-order valence-corrected chi connectivity index (χ3v) is 5.82. The van der Waals surface area contributed by atoms with Crippen LogP contribution < -0.4 is 0 Å². The fraction of sp³-hybridized carbons (Fsp3) is 0.909. The fourth-order valence-corrected chi connectivity index (χ4v) is 5.05. The van der Waals surface area contributed by atoms with Crippen LogP contribution in [-0.2, 0) is 14.6 Å². The molecule has 0 aromatic heterocycles. The molecule has 104 valence electrons. The van der Waals surface area contributed by atoms with Crippen LogP contribution in [0.3, 0.4) is 0 Å². The van der Waals surface area contributed by atoms with Gasteiger partial charge in [0, 0.05) is 31.7 Å². The number of carboxylic acids is 1. The topological polar surface area (TPSA) is 77.9 Å². The van der Waals surface area contributed by atoms with Crippen molar-refractivity contribution in [3.8, 4) is 0 Å². The Morgan fingerprint density at radius 3 is 2.33 bits per heavy atom. The second-order valence-electron chi connectivity index (χ2n) is 5.43. The molecule has 2 aliphatic rings. The van der Waals surface area contributed by atoms with Crippen LogP contribution in [0.1, 0.15) is 12.8 Å². The first-order valence-electron chi connectivity index (χ1n) is 6.19. The van der Waals surface area contributed by atoms with Crippen LogP contribution in [-0.4, -0.2) is 79.6 Å². The smallest absolute Gasteiger partial charge is 0.305 e. The average molecular weight is 276 g/mol. The minimum Gasteiger partial charge on any atom is -0.481 e. The van der Waals surface area contributed by atoms with Crippen LogP contribution >= 0.6 is 0 Å². The van der Waals surface area contributed by atoms with Crippen LogP contribution in [0.4, 0.5) is 0 Å². The molecule has 0 aliphatic carbocycles. The Morgan fingerprint density at radius 2 is 1.89 bits per heavy atom. The van der Waals surface area contributed by atoms with Gasteiger partial charge in [0.2, 0.25) is 0 Å². The fourth-order valence-electron chi connectivity index (χ4n) is 2.96. The molecule has 0 spiro atoms. The number of sulfone groups is 1. The molecule has 2 saturated heterocycles. The van der Waals surface area contributed by atoms with E-state index in [2.05, 4.69) is 9.80 Å². The largest absolute Gasteiger partial charge is 0.481 e. The zero-order valence-electron chi connectivity index (χ0n) is 10.6. The highest BCUT2D eigenvalue weighted by atomic mass is 32.2. The summed E-state index contributed by atoms with van der Waals surface area (Å²) in [5.41, 5.74) is -0.675. The molecule has 0 radical (unpaired) electrons. The summed E-state index contributed by atoms with van der Waals surface area (Å²) < 4.78 is 23.4. The van der Waals surface area contributed by atoms with E-state index in [4.69, 9.17) is 5.11 Å². The second kappa shape index (κ2) is 4.79. The maximum Gasteiger partial charge on any atom is 0.305 e. The quantitative estimate of drug-likeness (QED) is 0.732. The van der Waals surface area contributed by atoms with E-state index in [0.29, 0.717) is 6.42 Å². The molecule has 2 fully saturated rings. The van der Waals surface area contributed by atoms with Gasteiger partial charge in [-0.15, -0.1) is 0 Å². The van der Waals surface area contributed by atoms with E-state index in [9.17, 15) is 13.2 Å². The standard InChI is InChI=1S/C11H20N2O4S/c1-12-3-5-13(6-4-12)11(8-10(14)15)2-7-18(16,17)9-11/h2-9H2,1H3,(H,14,15). The van der Waals surface area contributed by atoms with Crippen molar-refractivity contribution >= 4 is 15.8 Å². The Kier molecular flexibility index (Phi) is 3.66. The number of carboxylic acid groups (broad SMARTS) is 1. The number of piperazine rings is 1. The van der Waals surface area contributed by atoms with E-state index in [1.165, 1.54) is 0 Å². The summed E-state index contributed by atoms with van der Waals surface area (Å²) in [6, 6.07) is 0. The number of hydrogen-bond donors (Lipinski definition) is 1. The van der Waals surface area contributed by atoms with Gasteiger partial charge in [-0.1, -0.05) is 0 Å². The molecule has 0 aromatic carbocycles. The number of nitrogens with zero attached hydrogens (tertiary/aromatic N) is 2. The highest BCUT2D eigenvalue weighted by Gasteiger charge is 2.48. The molecule has 7 heteroatoms. The Labute approximate surface area is 107 Å². The Bertz CT molecular complexity index is 428. The van der Waals surface area contributed by atoms with Gasteiger partial charge in [-0.25, -0.2) is 8.42 Å². The Hall–Kier alpha value is -0.660. The summed E-state index contributed by atoms with van der Waals surface area (Å²) >= 11 is 0. The van der Waals surface area contributed by atoms with Crippen molar-refractivity contribution < 1.29 is 18.3 Å². The van der Waals surface area contributed by atoms with Gasteiger partial charge >= 0.3 is 5.97 Å². The molecule has 2 rings (SSSR count). The molecule has 2 heterocycles. The van der Waals surface area contributed by atoms with Gasteiger partial charge in [-0.05, 0) is 13.5 Å². The van der Waals surface area contributed by atoms with E-state index >= 15 is 0 Å². The van der Waals surface area contributed by atoms with Crippen molar-refractivity contribution in [2.75, 3.05) is 44.7 Å². The van der Waals surface area contributed by atoms with Gasteiger partial charge in [-0.2, -0.15) is 0 Å². The molecule has 18 heavy (non-hydrogen) atoms. The van der Waals surface area contributed by atoms with Gasteiger partial charge in [0.25, 0.3) is 0 Å². The zero-order chi connectivity index (χ0) is 13.4. The maximum absolute atomic E-state index is 11.7. The Morgan fingerprint density at radius 1 is 1.28 bits per heavy atom. The highest BCUT2D eigenvalue weighted by Crippen LogP contribution is 2.33. The van der Waals surface area contributed by atoms with E-state index < -0.39 is 21.3 Å². The van der Waals surface area contributed by atoms with Crippen molar-refractivity contribution in [3.63, 3.8) is 0 Å².